The third kappa shape index (κ3) is 2.09. The van der Waals surface area contributed by atoms with Gasteiger partial charge in [0.1, 0.15) is 0 Å². The maximum absolute atomic E-state index is 12.7. The Hall–Kier alpha value is -2.26. The van der Waals surface area contributed by atoms with Gasteiger partial charge in [0.15, 0.2) is 11.6 Å². The van der Waals surface area contributed by atoms with E-state index in [1.165, 1.54) is 18.2 Å². The first-order chi connectivity index (χ1) is 14.6. The molecule has 8 rings (SSSR count). The van der Waals surface area contributed by atoms with Crippen molar-refractivity contribution in [3.05, 3.63) is 24.0 Å². The largest absolute Gasteiger partial charge is 0.431 e. The van der Waals surface area contributed by atoms with Gasteiger partial charge in [0, 0.05) is 35.5 Å². The van der Waals surface area contributed by atoms with Gasteiger partial charge >= 0.3 is 6.61 Å². The molecule has 7 nitrogen and oxygen atoms in total. The van der Waals surface area contributed by atoms with E-state index >= 15 is 0 Å². The fourth-order valence-corrected chi connectivity index (χ4v) is 6.19. The van der Waals surface area contributed by atoms with E-state index in [1.807, 2.05) is 0 Å². The van der Waals surface area contributed by atoms with E-state index in [9.17, 15) is 8.78 Å². The minimum absolute atomic E-state index is 0.0443. The molecule has 3 saturated carbocycles. The van der Waals surface area contributed by atoms with Crippen molar-refractivity contribution in [2.75, 3.05) is 25.5 Å². The summed E-state index contributed by atoms with van der Waals surface area (Å²) in [6.07, 6.45) is 5.10. The van der Waals surface area contributed by atoms with E-state index in [1.54, 1.807) is 6.20 Å². The standard InChI is InChI=1S/C21H23F2N5O2/c22-20(23)30-15-4-10(6-25-19(15)24)14-5-16(28(26-14)11-2-1-3-11)21-13-7-27(12-8-29-9-12)18(21)17(13)21/h4-6,11-13,17-18,20H,1-3,7-9H2,(H2,24,25)/t13-,17-,18?,21-/m1/s1. The van der Waals surface area contributed by atoms with Gasteiger partial charge in [-0.25, -0.2) is 4.98 Å². The molecular formula is C21H23F2N5O2. The highest BCUT2D eigenvalue weighted by molar-refractivity contribution is 5.67. The lowest BCUT2D eigenvalue weighted by Crippen LogP contribution is -2.48. The Kier molecular flexibility index (Phi) is 3.31. The zero-order chi connectivity index (χ0) is 20.2. The van der Waals surface area contributed by atoms with E-state index in [4.69, 9.17) is 15.6 Å². The number of nitrogen functional groups attached to an aromatic ring is 1. The van der Waals surface area contributed by atoms with E-state index in [0.717, 1.165) is 44.2 Å². The maximum Gasteiger partial charge on any atom is 0.387 e. The van der Waals surface area contributed by atoms with E-state index in [0.29, 0.717) is 29.6 Å². The highest BCUT2D eigenvalue weighted by Gasteiger charge is 2.94. The number of rotatable bonds is 6. The molecule has 3 saturated heterocycles. The molecule has 0 amide bonds. The van der Waals surface area contributed by atoms with Crippen LogP contribution in [0.1, 0.15) is 31.0 Å². The van der Waals surface area contributed by atoms with Gasteiger partial charge < -0.3 is 15.2 Å². The number of hydrogen-bond acceptors (Lipinski definition) is 6. The zero-order valence-electron chi connectivity index (χ0n) is 16.4. The molecule has 3 aliphatic heterocycles. The molecule has 1 unspecified atom stereocenters. The summed E-state index contributed by atoms with van der Waals surface area (Å²) in [5.41, 5.74) is 8.68. The fourth-order valence-electron chi connectivity index (χ4n) is 6.19. The van der Waals surface area contributed by atoms with Crippen molar-refractivity contribution in [2.45, 2.75) is 49.4 Å². The lowest BCUT2D eigenvalue weighted by Gasteiger charge is -2.35. The van der Waals surface area contributed by atoms with Crippen molar-refractivity contribution < 1.29 is 18.3 Å². The normalized spacial score (nSPS) is 34.6. The lowest BCUT2D eigenvalue weighted by atomic mass is 9.92. The van der Waals surface area contributed by atoms with Gasteiger partial charge in [-0.05, 0) is 43.2 Å². The monoisotopic (exact) mass is 415 g/mol. The summed E-state index contributed by atoms with van der Waals surface area (Å²) in [4.78, 5) is 6.71. The lowest BCUT2D eigenvalue weighted by molar-refractivity contribution is -0.0601. The number of aromatic nitrogens is 3. The van der Waals surface area contributed by atoms with Gasteiger partial charge in [-0.1, -0.05) is 0 Å². The Labute approximate surface area is 172 Å². The number of halogens is 2. The van der Waals surface area contributed by atoms with Crippen molar-refractivity contribution in [1.29, 1.82) is 0 Å². The van der Waals surface area contributed by atoms with Crippen LogP contribution in [0.3, 0.4) is 0 Å². The summed E-state index contributed by atoms with van der Waals surface area (Å²) in [5, 5.41) is 4.94. The maximum atomic E-state index is 12.7. The van der Waals surface area contributed by atoms with Crippen LogP contribution in [0, 0.1) is 11.8 Å². The predicted octanol–water partition coefficient (Wildman–Crippen LogP) is 2.43. The highest BCUT2D eigenvalue weighted by atomic mass is 19.3. The second kappa shape index (κ2) is 5.70. The molecule has 0 spiro atoms. The summed E-state index contributed by atoms with van der Waals surface area (Å²) in [5.74, 6) is 1.31. The van der Waals surface area contributed by atoms with Crippen LogP contribution in [-0.2, 0) is 10.2 Å². The first kappa shape index (κ1) is 17.4. The topological polar surface area (TPSA) is 78.4 Å². The zero-order valence-corrected chi connectivity index (χ0v) is 16.4. The van der Waals surface area contributed by atoms with Crippen molar-refractivity contribution >= 4 is 5.82 Å². The molecule has 5 heterocycles. The van der Waals surface area contributed by atoms with Crippen LogP contribution in [0.2, 0.25) is 0 Å². The average Bonchev–Trinajstić information content (AvgIpc) is 3.19. The van der Waals surface area contributed by atoms with Crippen LogP contribution in [0.5, 0.6) is 5.75 Å². The van der Waals surface area contributed by atoms with Gasteiger partial charge in [0.2, 0.25) is 0 Å². The predicted molar refractivity (Wildman–Crippen MR) is 103 cm³/mol. The van der Waals surface area contributed by atoms with Crippen LogP contribution in [0.25, 0.3) is 11.3 Å². The number of nitrogens with zero attached hydrogens (tertiary/aromatic N) is 4. The van der Waals surface area contributed by atoms with Crippen LogP contribution < -0.4 is 10.5 Å². The van der Waals surface area contributed by atoms with Crippen LogP contribution in [0.15, 0.2) is 18.3 Å². The van der Waals surface area contributed by atoms with Crippen molar-refractivity contribution in [3.8, 4) is 17.0 Å². The van der Waals surface area contributed by atoms with Crippen molar-refractivity contribution in [1.82, 2.24) is 19.7 Å². The molecule has 158 valence electrons. The number of ether oxygens (including phenoxy) is 2. The SMILES string of the molecule is Nc1ncc(-c2cc([C@@]34C5[C@H]3[C@H]4CN5C3COC3)n(C3CCC3)n2)cc1OC(F)F. The Morgan fingerprint density at radius 1 is 1.23 bits per heavy atom. The Bertz CT molecular complexity index is 1030. The van der Waals surface area contributed by atoms with Gasteiger partial charge in [0.25, 0.3) is 0 Å². The number of piperidine rings is 1. The summed E-state index contributed by atoms with van der Waals surface area (Å²) < 4.78 is 37.6. The molecule has 2 N–H and O–H groups in total. The molecule has 0 radical (unpaired) electrons. The number of nitrogens with two attached hydrogens (primary N) is 1. The highest BCUT2D eigenvalue weighted by Crippen LogP contribution is 2.86. The van der Waals surface area contributed by atoms with Gasteiger partial charge in [-0.3, -0.25) is 9.58 Å². The Balaban J connectivity index is 1.25. The second-order valence-electron chi connectivity index (χ2n) is 9.33. The third-order valence-corrected chi connectivity index (χ3v) is 8.06. The molecular weight excluding hydrogens is 392 g/mol. The number of alkyl halides is 2. The quantitative estimate of drug-likeness (QED) is 0.781. The molecule has 0 aromatic carbocycles. The molecule has 4 atom stereocenters. The fraction of sp³-hybridized carbons (Fsp3) is 0.619. The van der Waals surface area contributed by atoms with Crippen molar-refractivity contribution in [3.63, 3.8) is 0 Å². The minimum Gasteiger partial charge on any atom is -0.431 e. The smallest absolute Gasteiger partial charge is 0.387 e. The molecule has 9 heteroatoms. The average molecular weight is 415 g/mol. The van der Waals surface area contributed by atoms with Gasteiger partial charge in [-0.15, -0.1) is 0 Å². The van der Waals surface area contributed by atoms with Gasteiger partial charge in [0.05, 0.1) is 31.0 Å². The van der Waals surface area contributed by atoms with Crippen LogP contribution in [-0.4, -0.2) is 58.1 Å². The summed E-state index contributed by atoms with van der Waals surface area (Å²) in [6.45, 7) is -0.0847. The van der Waals surface area contributed by atoms with E-state index < -0.39 is 6.61 Å². The number of anilines is 1. The number of fused-ring (bicyclic) bond motifs is 1. The summed E-state index contributed by atoms with van der Waals surface area (Å²) in [6, 6.07) is 5.30. The number of hydrogen-bond donors (Lipinski definition) is 1. The molecule has 2 bridgehead atoms. The first-order valence-electron chi connectivity index (χ1n) is 10.7. The molecule has 6 aliphatic rings. The minimum atomic E-state index is -2.94. The summed E-state index contributed by atoms with van der Waals surface area (Å²) in [7, 11) is 0. The van der Waals surface area contributed by atoms with Gasteiger partial charge in [-0.2, -0.15) is 13.9 Å². The van der Waals surface area contributed by atoms with Crippen molar-refractivity contribution in [2.24, 2.45) is 11.8 Å². The Morgan fingerprint density at radius 2 is 2.07 bits per heavy atom. The third-order valence-electron chi connectivity index (χ3n) is 8.06. The molecule has 3 aliphatic carbocycles. The van der Waals surface area contributed by atoms with E-state index in [-0.39, 0.29) is 17.0 Å². The Morgan fingerprint density at radius 3 is 2.70 bits per heavy atom. The molecule has 6 fully saturated rings. The van der Waals surface area contributed by atoms with Crippen LogP contribution in [0.4, 0.5) is 14.6 Å². The van der Waals surface area contributed by atoms with E-state index in [2.05, 4.69) is 25.4 Å². The second-order valence-corrected chi connectivity index (χ2v) is 9.33. The number of pyridine rings is 1. The molecule has 30 heavy (non-hydrogen) atoms. The molecule has 2 aromatic rings. The first-order valence-corrected chi connectivity index (χ1v) is 10.7. The van der Waals surface area contributed by atoms with Crippen LogP contribution >= 0.6 is 0 Å². The summed E-state index contributed by atoms with van der Waals surface area (Å²) >= 11 is 0. The molecule has 2 aromatic heterocycles.